The van der Waals surface area contributed by atoms with Crippen molar-refractivity contribution < 1.29 is 9.90 Å². The molecule has 1 aromatic heterocycles. The molecule has 1 aromatic rings. The van der Waals surface area contributed by atoms with Crippen molar-refractivity contribution in [1.82, 2.24) is 14.9 Å². The standard InChI is InChI=1S/C12H17Cl2N3O2S/c1-5-17(6-12(2,3)19)10(18)7-8(13)15-11(20-4)16-9(7)14/h19H,5-6H2,1-4H3. The van der Waals surface area contributed by atoms with Gasteiger partial charge in [0.2, 0.25) is 0 Å². The summed E-state index contributed by atoms with van der Waals surface area (Å²) in [6.07, 6.45) is 1.79. The number of carbonyl (C=O) groups is 1. The first-order valence-corrected chi connectivity index (χ1v) is 7.96. The molecule has 0 aliphatic rings. The number of aliphatic hydroxyl groups is 1. The molecule has 0 radical (unpaired) electrons. The lowest BCUT2D eigenvalue weighted by atomic mass is 10.1. The van der Waals surface area contributed by atoms with Gasteiger partial charge >= 0.3 is 0 Å². The maximum absolute atomic E-state index is 12.5. The van der Waals surface area contributed by atoms with Gasteiger partial charge in [0.15, 0.2) is 5.16 Å². The molecule has 1 rings (SSSR count). The number of hydrogen-bond acceptors (Lipinski definition) is 5. The molecule has 0 aromatic carbocycles. The van der Waals surface area contributed by atoms with E-state index in [0.29, 0.717) is 11.7 Å². The predicted octanol–water partition coefficient (Wildman–Crippen LogP) is 2.74. The van der Waals surface area contributed by atoms with Crippen molar-refractivity contribution in [3.63, 3.8) is 0 Å². The van der Waals surface area contributed by atoms with Crippen LogP contribution in [0.25, 0.3) is 0 Å². The highest BCUT2D eigenvalue weighted by atomic mass is 35.5. The van der Waals surface area contributed by atoms with Gasteiger partial charge in [-0.1, -0.05) is 35.0 Å². The average molecular weight is 338 g/mol. The zero-order valence-electron chi connectivity index (χ0n) is 11.8. The fourth-order valence-corrected chi connectivity index (χ4v) is 2.62. The monoisotopic (exact) mass is 337 g/mol. The lowest BCUT2D eigenvalue weighted by Gasteiger charge is -2.28. The lowest BCUT2D eigenvalue weighted by molar-refractivity contribution is 0.0314. The largest absolute Gasteiger partial charge is 0.389 e. The van der Waals surface area contributed by atoms with Crippen LogP contribution in [-0.4, -0.2) is 50.8 Å². The third-order valence-electron chi connectivity index (χ3n) is 2.44. The highest BCUT2D eigenvalue weighted by Gasteiger charge is 2.27. The van der Waals surface area contributed by atoms with Crippen LogP contribution in [0.15, 0.2) is 5.16 Å². The van der Waals surface area contributed by atoms with Crippen LogP contribution in [0.2, 0.25) is 10.3 Å². The number of likely N-dealkylation sites (N-methyl/N-ethyl adjacent to an activating group) is 1. The molecular formula is C12H17Cl2N3O2S. The normalized spacial score (nSPS) is 11.6. The van der Waals surface area contributed by atoms with E-state index in [0.717, 1.165) is 0 Å². The summed E-state index contributed by atoms with van der Waals surface area (Å²) < 4.78 is 0. The van der Waals surface area contributed by atoms with E-state index >= 15 is 0 Å². The minimum atomic E-state index is -1.01. The van der Waals surface area contributed by atoms with E-state index in [-0.39, 0.29) is 22.4 Å². The number of rotatable bonds is 5. The molecule has 0 aliphatic carbocycles. The number of amides is 1. The second-order valence-corrected chi connectivity index (χ2v) is 6.29. The fraction of sp³-hybridized carbons (Fsp3) is 0.583. The molecule has 0 bridgehead atoms. The van der Waals surface area contributed by atoms with Crippen molar-refractivity contribution in [3.05, 3.63) is 15.9 Å². The number of carbonyl (C=O) groups excluding carboxylic acids is 1. The number of hydrogen-bond donors (Lipinski definition) is 1. The Balaban J connectivity index is 3.13. The molecule has 8 heteroatoms. The zero-order chi connectivity index (χ0) is 15.5. The molecular weight excluding hydrogens is 321 g/mol. The number of halogens is 2. The minimum Gasteiger partial charge on any atom is -0.389 e. The van der Waals surface area contributed by atoms with Crippen molar-refractivity contribution in [1.29, 1.82) is 0 Å². The van der Waals surface area contributed by atoms with Crippen LogP contribution in [0.3, 0.4) is 0 Å². The van der Waals surface area contributed by atoms with E-state index in [1.807, 2.05) is 6.92 Å². The fourth-order valence-electron chi connectivity index (χ4n) is 1.61. The van der Waals surface area contributed by atoms with Gasteiger partial charge < -0.3 is 10.0 Å². The molecule has 112 valence electrons. The number of aromatic nitrogens is 2. The first-order chi connectivity index (χ1) is 9.19. The smallest absolute Gasteiger partial charge is 0.260 e. The van der Waals surface area contributed by atoms with E-state index in [9.17, 15) is 9.90 Å². The Kier molecular flexibility index (Phi) is 6.06. The third-order valence-corrected chi connectivity index (χ3v) is 3.54. The van der Waals surface area contributed by atoms with Crippen LogP contribution >= 0.6 is 35.0 Å². The summed E-state index contributed by atoms with van der Waals surface area (Å²) in [6, 6.07) is 0. The van der Waals surface area contributed by atoms with Crippen LogP contribution in [-0.2, 0) is 0 Å². The maximum Gasteiger partial charge on any atom is 0.260 e. The third kappa shape index (κ3) is 4.48. The molecule has 0 spiro atoms. The summed E-state index contributed by atoms with van der Waals surface area (Å²) in [5.74, 6) is -0.391. The molecule has 5 nitrogen and oxygen atoms in total. The van der Waals surface area contributed by atoms with Gasteiger partial charge in [-0.05, 0) is 27.0 Å². The van der Waals surface area contributed by atoms with E-state index in [4.69, 9.17) is 23.2 Å². The molecule has 1 heterocycles. The Morgan fingerprint density at radius 3 is 2.20 bits per heavy atom. The van der Waals surface area contributed by atoms with Crippen molar-refractivity contribution in [2.24, 2.45) is 0 Å². The molecule has 0 aliphatic heterocycles. The van der Waals surface area contributed by atoms with Gasteiger partial charge in [0, 0.05) is 13.1 Å². The summed E-state index contributed by atoms with van der Waals surface area (Å²) in [5, 5.41) is 10.3. The molecule has 0 unspecified atom stereocenters. The highest BCUT2D eigenvalue weighted by Crippen LogP contribution is 2.26. The lowest BCUT2D eigenvalue weighted by Crippen LogP contribution is -2.42. The zero-order valence-corrected chi connectivity index (χ0v) is 14.1. The van der Waals surface area contributed by atoms with Gasteiger partial charge in [-0.2, -0.15) is 0 Å². The summed E-state index contributed by atoms with van der Waals surface area (Å²) in [7, 11) is 0. The van der Waals surface area contributed by atoms with Crippen molar-refractivity contribution in [2.75, 3.05) is 19.3 Å². The van der Waals surface area contributed by atoms with Crippen LogP contribution in [0.4, 0.5) is 0 Å². The quantitative estimate of drug-likeness (QED) is 0.508. The van der Waals surface area contributed by atoms with Gasteiger partial charge in [0.25, 0.3) is 5.91 Å². The molecule has 0 atom stereocenters. The van der Waals surface area contributed by atoms with Crippen LogP contribution in [0.5, 0.6) is 0 Å². The average Bonchev–Trinajstić information content (AvgIpc) is 2.33. The van der Waals surface area contributed by atoms with Crippen molar-refractivity contribution >= 4 is 40.9 Å². The Labute approximate surface area is 132 Å². The molecule has 0 saturated heterocycles. The molecule has 1 amide bonds. The van der Waals surface area contributed by atoms with E-state index < -0.39 is 11.5 Å². The van der Waals surface area contributed by atoms with E-state index in [1.54, 1.807) is 20.1 Å². The van der Waals surface area contributed by atoms with Crippen molar-refractivity contribution in [3.8, 4) is 0 Å². The highest BCUT2D eigenvalue weighted by molar-refractivity contribution is 7.98. The molecule has 20 heavy (non-hydrogen) atoms. The summed E-state index contributed by atoms with van der Waals surface area (Å²) >= 11 is 13.3. The SMILES string of the molecule is CCN(CC(C)(C)O)C(=O)c1c(Cl)nc(SC)nc1Cl. The van der Waals surface area contributed by atoms with Gasteiger partial charge in [-0.3, -0.25) is 4.79 Å². The van der Waals surface area contributed by atoms with Gasteiger partial charge in [-0.25, -0.2) is 9.97 Å². The Bertz CT molecular complexity index is 483. The van der Waals surface area contributed by atoms with Crippen molar-refractivity contribution in [2.45, 2.75) is 31.5 Å². The van der Waals surface area contributed by atoms with Gasteiger partial charge in [0.05, 0.1) is 5.60 Å². The summed E-state index contributed by atoms with van der Waals surface area (Å²) in [4.78, 5) is 21.9. The van der Waals surface area contributed by atoms with Gasteiger partial charge in [0.1, 0.15) is 15.9 Å². The Morgan fingerprint density at radius 2 is 1.85 bits per heavy atom. The second kappa shape index (κ2) is 6.93. The molecule has 1 N–H and O–H groups in total. The molecule has 0 saturated carbocycles. The molecule has 0 fully saturated rings. The van der Waals surface area contributed by atoms with Crippen LogP contribution < -0.4 is 0 Å². The summed E-state index contributed by atoms with van der Waals surface area (Å²) in [6.45, 7) is 5.64. The summed E-state index contributed by atoms with van der Waals surface area (Å²) in [5.41, 5.74) is -0.942. The predicted molar refractivity (Wildman–Crippen MR) is 81.7 cm³/mol. The Hall–Kier alpha value is -0.560. The number of nitrogens with zero attached hydrogens (tertiary/aromatic N) is 3. The first kappa shape index (κ1) is 17.5. The Morgan fingerprint density at radius 1 is 1.35 bits per heavy atom. The first-order valence-electron chi connectivity index (χ1n) is 5.98. The van der Waals surface area contributed by atoms with Gasteiger partial charge in [-0.15, -0.1) is 0 Å². The second-order valence-electron chi connectivity index (χ2n) is 4.80. The minimum absolute atomic E-state index is 0.0218. The maximum atomic E-state index is 12.5. The topological polar surface area (TPSA) is 66.3 Å². The van der Waals surface area contributed by atoms with E-state index in [1.165, 1.54) is 16.7 Å². The van der Waals surface area contributed by atoms with Crippen LogP contribution in [0.1, 0.15) is 31.1 Å². The number of thioether (sulfide) groups is 1. The van der Waals surface area contributed by atoms with Crippen LogP contribution in [0, 0.1) is 0 Å². The van der Waals surface area contributed by atoms with E-state index in [2.05, 4.69) is 9.97 Å².